The quantitative estimate of drug-likeness (QED) is 0.597. The van der Waals surface area contributed by atoms with Crippen molar-refractivity contribution in [2.45, 2.75) is 32.1 Å². The van der Waals surface area contributed by atoms with Crippen molar-refractivity contribution in [2.24, 2.45) is 0 Å². The highest BCUT2D eigenvalue weighted by atomic mass is 32.1. The number of aromatic nitrogens is 4. The van der Waals surface area contributed by atoms with Gasteiger partial charge in [0.2, 0.25) is 0 Å². The van der Waals surface area contributed by atoms with E-state index < -0.39 is 5.97 Å². The van der Waals surface area contributed by atoms with Gasteiger partial charge in [0.25, 0.3) is 5.91 Å². The van der Waals surface area contributed by atoms with Crippen LogP contribution in [0.4, 0.5) is 0 Å². The van der Waals surface area contributed by atoms with Crippen LogP contribution in [0.25, 0.3) is 5.69 Å². The second kappa shape index (κ2) is 8.52. The van der Waals surface area contributed by atoms with Crippen molar-refractivity contribution in [3.63, 3.8) is 0 Å². The average molecular weight is 361 g/mol. The number of hydrogen-bond donors (Lipinski definition) is 1. The fraction of sp³-hybridized carbons (Fsp3) is 0.438. The Morgan fingerprint density at radius 1 is 1.36 bits per heavy atom. The number of esters is 1. The SMILES string of the molecule is O=C(COC(=O)c1sccc1-n1cnnn1)NCCC1=CCCCC1. The summed E-state index contributed by atoms with van der Waals surface area (Å²) in [6.45, 7) is 0.266. The van der Waals surface area contributed by atoms with Crippen LogP contribution in [0, 0.1) is 0 Å². The number of allylic oxidation sites excluding steroid dienone is 1. The molecule has 0 spiro atoms. The second-order valence-corrected chi connectivity index (χ2v) is 6.59. The van der Waals surface area contributed by atoms with Gasteiger partial charge in [-0.2, -0.15) is 4.68 Å². The molecule has 0 fully saturated rings. The molecule has 0 saturated heterocycles. The van der Waals surface area contributed by atoms with Crippen molar-refractivity contribution < 1.29 is 14.3 Å². The Morgan fingerprint density at radius 2 is 2.28 bits per heavy atom. The molecule has 0 saturated carbocycles. The molecule has 0 bridgehead atoms. The molecular formula is C16H19N5O3S. The van der Waals surface area contributed by atoms with Crippen LogP contribution in [-0.4, -0.2) is 45.2 Å². The highest BCUT2D eigenvalue weighted by Crippen LogP contribution is 2.21. The monoisotopic (exact) mass is 361 g/mol. The van der Waals surface area contributed by atoms with Crippen LogP contribution < -0.4 is 5.32 Å². The predicted molar refractivity (Wildman–Crippen MR) is 91.5 cm³/mol. The van der Waals surface area contributed by atoms with E-state index in [1.54, 1.807) is 11.4 Å². The van der Waals surface area contributed by atoms with Crippen LogP contribution in [-0.2, 0) is 9.53 Å². The predicted octanol–water partition coefficient (Wildman–Crippen LogP) is 1.89. The first-order valence-corrected chi connectivity index (χ1v) is 9.04. The van der Waals surface area contributed by atoms with Crippen LogP contribution in [0.1, 0.15) is 41.8 Å². The molecule has 3 rings (SSSR count). The summed E-state index contributed by atoms with van der Waals surface area (Å²) < 4.78 is 6.47. The van der Waals surface area contributed by atoms with Gasteiger partial charge in [-0.05, 0) is 54.0 Å². The molecule has 25 heavy (non-hydrogen) atoms. The third-order valence-corrected chi connectivity index (χ3v) is 4.80. The topological polar surface area (TPSA) is 99.0 Å². The van der Waals surface area contributed by atoms with E-state index in [1.807, 2.05) is 0 Å². The second-order valence-electron chi connectivity index (χ2n) is 5.67. The first-order valence-electron chi connectivity index (χ1n) is 8.16. The largest absolute Gasteiger partial charge is 0.451 e. The van der Waals surface area contributed by atoms with E-state index in [-0.39, 0.29) is 12.5 Å². The lowest BCUT2D eigenvalue weighted by Gasteiger charge is -2.13. The molecule has 1 aliphatic carbocycles. The molecule has 0 atom stereocenters. The van der Waals surface area contributed by atoms with Gasteiger partial charge in [-0.3, -0.25) is 4.79 Å². The minimum absolute atomic E-state index is 0.301. The van der Waals surface area contributed by atoms with Gasteiger partial charge in [-0.1, -0.05) is 11.6 Å². The van der Waals surface area contributed by atoms with Crippen LogP contribution >= 0.6 is 11.3 Å². The van der Waals surface area contributed by atoms with Gasteiger partial charge < -0.3 is 10.1 Å². The number of thiophene rings is 1. The van der Waals surface area contributed by atoms with Gasteiger partial charge in [0, 0.05) is 6.54 Å². The Hall–Kier alpha value is -2.55. The lowest BCUT2D eigenvalue weighted by molar-refractivity contribution is -0.124. The fourth-order valence-corrected chi connectivity index (χ4v) is 3.42. The molecule has 1 amide bonds. The summed E-state index contributed by atoms with van der Waals surface area (Å²) in [5.41, 5.74) is 1.93. The molecule has 9 heteroatoms. The number of amides is 1. The molecule has 0 radical (unpaired) electrons. The number of nitrogens with one attached hydrogen (secondary N) is 1. The maximum atomic E-state index is 12.2. The van der Waals surface area contributed by atoms with Crippen LogP contribution in [0.5, 0.6) is 0 Å². The molecule has 2 aromatic heterocycles. The molecule has 1 aliphatic rings. The number of carbonyl (C=O) groups excluding carboxylic acids is 2. The van der Waals surface area contributed by atoms with Crippen molar-refractivity contribution in [1.29, 1.82) is 0 Å². The number of tetrazole rings is 1. The number of hydrogen-bond acceptors (Lipinski definition) is 7. The molecule has 2 heterocycles. The number of nitrogens with zero attached hydrogens (tertiary/aromatic N) is 4. The average Bonchev–Trinajstić information content (AvgIpc) is 3.31. The van der Waals surface area contributed by atoms with Crippen molar-refractivity contribution in [1.82, 2.24) is 25.5 Å². The third kappa shape index (κ3) is 4.72. The summed E-state index contributed by atoms with van der Waals surface area (Å²) >= 11 is 1.21. The zero-order valence-corrected chi connectivity index (χ0v) is 14.5. The van der Waals surface area contributed by atoms with E-state index in [2.05, 4.69) is 26.9 Å². The number of rotatable bonds is 7. The molecule has 0 aliphatic heterocycles. The summed E-state index contributed by atoms with van der Waals surface area (Å²) in [7, 11) is 0. The summed E-state index contributed by atoms with van der Waals surface area (Å²) in [5, 5.41) is 15.4. The van der Waals surface area contributed by atoms with E-state index in [1.165, 1.54) is 40.8 Å². The fourth-order valence-electron chi connectivity index (χ4n) is 2.65. The zero-order chi connectivity index (χ0) is 17.5. The van der Waals surface area contributed by atoms with Crippen molar-refractivity contribution >= 4 is 23.2 Å². The Balaban J connectivity index is 1.44. The van der Waals surface area contributed by atoms with Gasteiger partial charge >= 0.3 is 5.97 Å². The van der Waals surface area contributed by atoms with Crippen LogP contribution in [0.15, 0.2) is 29.4 Å². The highest BCUT2D eigenvalue weighted by molar-refractivity contribution is 7.12. The lowest BCUT2D eigenvalue weighted by atomic mass is 9.97. The molecule has 2 aromatic rings. The molecule has 8 nitrogen and oxygen atoms in total. The first kappa shape index (κ1) is 17.3. The van der Waals surface area contributed by atoms with Crippen LogP contribution in [0.2, 0.25) is 0 Å². The maximum Gasteiger partial charge on any atom is 0.351 e. The van der Waals surface area contributed by atoms with Crippen molar-refractivity contribution in [3.05, 3.63) is 34.3 Å². The van der Waals surface area contributed by atoms with E-state index >= 15 is 0 Å². The van der Waals surface area contributed by atoms with Crippen molar-refractivity contribution in [3.8, 4) is 5.69 Å². The Bertz CT molecular complexity index is 754. The smallest absolute Gasteiger partial charge is 0.351 e. The Labute approximate surface area is 148 Å². The summed E-state index contributed by atoms with van der Waals surface area (Å²) in [6, 6.07) is 1.72. The third-order valence-electron chi connectivity index (χ3n) is 3.91. The summed E-state index contributed by atoms with van der Waals surface area (Å²) in [6.07, 6.45) is 9.23. The number of ether oxygens (including phenoxy) is 1. The first-order chi connectivity index (χ1) is 12.2. The van der Waals surface area contributed by atoms with Gasteiger partial charge in [0.1, 0.15) is 11.2 Å². The zero-order valence-electron chi connectivity index (χ0n) is 13.7. The standard InChI is InChI=1S/C16H19N5O3S/c22-14(17-8-6-12-4-2-1-3-5-12)10-24-16(23)15-13(7-9-25-15)21-11-18-19-20-21/h4,7,9,11H,1-3,5-6,8,10H2,(H,17,22). The van der Waals surface area contributed by atoms with E-state index in [4.69, 9.17) is 4.74 Å². The maximum absolute atomic E-state index is 12.2. The van der Waals surface area contributed by atoms with E-state index in [9.17, 15) is 9.59 Å². The molecule has 132 valence electrons. The van der Waals surface area contributed by atoms with Gasteiger partial charge in [0.05, 0.1) is 5.69 Å². The van der Waals surface area contributed by atoms with Crippen LogP contribution in [0.3, 0.4) is 0 Å². The molecular weight excluding hydrogens is 342 g/mol. The minimum atomic E-state index is -0.564. The summed E-state index contributed by atoms with van der Waals surface area (Å²) in [5.74, 6) is -0.865. The van der Waals surface area contributed by atoms with Crippen molar-refractivity contribution in [2.75, 3.05) is 13.2 Å². The minimum Gasteiger partial charge on any atom is -0.451 e. The highest BCUT2D eigenvalue weighted by Gasteiger charge is 2.18. The van der Waals surface area contributed by atoms with Gasteiger partial charge in [-0.15, -0.1) is 16.4 Å². The number of carbonyl (C=O) groups is 2. The molecule has 0 aromatic carbocycles. The molecule has 0 unspecified atom stereocenters. The van der Waals surface area contributed by atoms with Gasteiger partial charge in [-0.25, -0.2) is 4.79 Å². The van der Waals surface area contributed by atoms with E-state index in [0.717, 1.165) is 19.3 Å². The van der Waals surface area contributed by atoms with E-state index in [0.29, 0.717) is 17.1 Å². The Morgan fingerprint density at radius 3 is 3.04 bits per heavy atom. The van der Waals surface area contributed by atoms with Gasteiger partial charge in [0.15, 0.2) is 6.61 Å². The molecule has 1 N–H and O–H groups in total. The Kier molecular flexibility index (Phi) is 5.89. The lowest BCUT2D eigenvalue weighted by Crippen LogP contribution is -2.29. The normalized spacial score (nSPS) is 14.0. The summed E-state index contributed by atoms with van der Waals surface area (Å²) in [4.78, 5) is 24.3.